The average Bonchev–Trinajstić information content (AvgIpc) is 2.41. The van der Waals surface area contributed by atoms with Crippen molar-refractivity contribution < 1.29 is 23.1 Å². The largest absolute Gasteiger partial charge is 0.478 e. The van der Waals surface area contributed by atoms with Gasteiger partial charge in [0.25, 0.3) is 0 Å². The summed E-state index contributed by atoms with van der Waals surface area (Å²) in [5.74, 6) is -1.08. The number of hydrogen-bond acceptors (Lipinski definition) is 4. The minimum Gasteiger partial charge on any atom is -0.478 e. The highest BCUT2D eigenvalue weighted by Gasteiger charge is 2.34. The normalized spacial score (nSPS) is 24.5. The number of morpholine rings is 1. The molecule has 0 radical (unpaired) electrons. The van der Waals surface area contributed by atoms with Gasteiger partial charge in [-0.15, -0.1) is 0 Å². The number of aromatic carboxylic acids is 1. The third-order valence-corrected chi connectivity index (χ3v) is 5.25. The van der Waals surface area contributed by atoms with E-state index in [1.807, 2.05) is 6.92 Å². The van der Waals surface area contributed by atoms with Crippen LogP contribution in [0.1, 0.15) is 24.2 Å². The van der Waals surface area contributed by atoms with Crippen LogP contribution in [-0.2, 0) is 14.8 Å². The fourth-order valence-electron chi connectivity index (χ4n) is 2.11. The van der Waals surface area contributed by atoms with E-state index in [2.05, 4.69) is 0 Å². The van der Waals surface area contributed by atoms with Crippen molar-refractivity contribution in [2.45, 2.75) is 30.9 Å². The summed E-state index contributed by atoms with van der Waals surface area (Å²) in [6.07, 6.45) is -0.153. The molecule has 0 saturated carbocycles. The van der Waals surface area contributed by atoms with Crippen molar-refractivity contribution in [2.75, 3.05) is 13.2 Å². The summed E-state index contributed by atoms with van der Waals surface area (Å²) in [7, 11) is -3.63. The van der Waals surface area contributed by atoms with E-state index in [1.165, 1.54) is 28.6 Å². The van der Waals surface area contributed by atoms with Crippen molar-refractivity contribution in [3.8, 4) is 0 Å². The van der Waals surface area contributed by atoms with Crippen molar-refractivity contribution >= 4 is 16.0 Å². The van der Waals surface area contributed by atoms with Crippen molar-refractivity contribution in [1.82, 2.24) is 4.31 Å². The Morgan fingerprint density at radius 1 is 1.30 bits per heavy atom. The Hall–Kier alpha value is -1.44. The van der Waals surface area contributed by atoms with Crippen LogP contribution in [0.15, 0.2) is 29.2 Å². The molecule has 2 atom stereocenters. The zero-order chi connectivity index (χ0) is 14.9. The number of benzene rings is 1. The summed E-state index contributed by atoms with van der Waals surface area (Å²) in [6, 6.07) is 5.00. The first-order valence-electron chi connectivity index (χ1n) is 6.29. The minimum atomic E-state index is -3.63. The first-order valence-corrected chi connectivity index (χ1v) is 7.73. The molecule has 20 heavy (non-hydrogen) atoms. The summed E-state index contributed by atoms with van der Waals surface area (Å²) in [6.45, 7) is 4.26. The number of carboxylic acids is 1. The van der Waals surface area contributed by atoms with E-state index in [0.717, 1.165) is 0 Å². The second kappa shape index (κ2) is 5.51. The number of sulfonamides is 1. The molecular formula is C13H17NO5S. The zero-order valence-electron chi connectivity index (χ0n) is 11.3. The maximum absolute atomic E-state index is 12.5. The molecule has 1 aliphatic heterocycles. The third-order valence-electron chi connectivity index (χ3n) is 3.26. The van der Waals surface area contributed by atoms with Crippen molar-refractivity contribution in [2.24, 2.45) is 0 Å². The highest BCUT2D eigenvalue weighted by atomic mass is 32.2. The van der Waals surface area contributed by atoms with Gasteiger partial charge in [-0.3, -0.25) is 0 Å². The lowest BCUT2D eigenvalue weighted by Gasteiger charge is -2.35. The van der Waals surface area contributed by atoms with Crippen LogP contribution in [-0.4, -0.2) is 49.1 Å². The summed E-state index contributed by atoms with van der Waals surface area (Å²) in [5, 5.41) is 8.83. The molecule has 7 heteroatoms. The molecule has 0 aromatic heterocycles. The van der Waals surface area contributed by atoms with Crippen LogP contribution in [0.5, 0.6) is 0 Å². The second-order valence-corrected chi connectivity index (χ2v) is 6.79. The standard InChI is InChI=1S/C13H17NO5S/c1-9-8-19-10(2)7-14(9)20(17,18)12-5-3-11(4-6-12)13(15)16/h3-6,9-10H,7-8H2,1-2H3,(H,15,16). The Morgan fingerprint density at radius 2 is 1.90 bits per heavy atom. The first-order chi connectivity index (χ1) is 9.32. The lowest BCUT2D eigenvalue weighted by molar-refractivity contribution is -0.0170. The predicted octanol–water partition coefficient (Wildman–Crippen LogP) is 1.18. The van der Waals surface area contributed by atoms with Gasteiger partial charge in [-0.1, -0.05) is 0 Å². The molecule has 1 aliphatic rings. The summed E-state index contributed by atoms with van der Waals surface area (Å²) >= 11 is 0. The van der Waals surface area contributed by atoms with E-state index >= 15 is 0 Å². The highest BCUT2D eigenvalue weighted by Crippen LogP contribution is 2.22. The lowest BCUT2D eigenvalue weighted by Crippen LogP contribution is -2.50. The molecule has 1 aromatic carbocycles. The van der Waals surface area contributed by atoms with E-state index in [4.69, 9.17) is 9.84 Å². The lowest BCUT2D eigenvalue weighted by atomic mass is 10.2. The number of nitrogens with zero attached hydrogens (tertiary/aromatic N) is 1. The van der Waals surface area contributed by atoms with Crippen LogP contribution in [0.25, 0.3) is 0 Å². The second-order valence-electron chi connectivity index (χ2n) is 4.90. The van der Waals surface area contributed by atoms with Crippen LogP contribution in [0, 0.1) is 0 Å². The molecule has 0 spiro atoms. The highest BCUT2D eigenvalue weighted by molar-refractivity contribution is 7.89. The number of carboxylic acid groups (broad SMARTS) is 1. The Kier molecular flexibility index (Phi) is 4.12. The minimum absolute atomic E-state index is 0.0624. The molecule has 1 saturated heterocycles. The van der Waals surface area contributed by atoms with E-state index < -0.39 is 16.0 Å². The summed E-state index contributed by atoms with van der Waals surface area (Å²) in [4.78, 5) is 10.9. The van der Waals surface area contributed by atoms with Gasteiger partial charge in [0.15, 0.2) is 0 Å². The van der Waals surface area contributed by atoms with Gasteiger partial charge in [0, 0.05) is 12.6 Å². The molecule has 6 nitrogen and oxygen atoms in total. The quantitative estimate of drug-likeness (QED) is 0.906. The number of carbonyl (C=O) groups is 1. The molecule has 110 valence electrons. The van der Waals surface area contributed by atoms with Crippen LogP contribution in [0.4, 0.5) is 0 Å². The van der Waals surface area contributed by atoms with Crippen molar-refractivity contribution in [1.29, 1.82) is 0 Å². The van der Waals surface area contributed by atoms with E-state index in [1.54, 1.807) is 6.92 Å². The molecule has 1 heterocycles. The van der Waals surface area contributed by atoms with Gasteiger partial charge in [0.1, 0.15) is 0 Å². The van der Waals surface area contributed by atoms with Crippen LogP contribution in [0.3, 0.4) is 0 Å². The Labute approximate surface area is 118 Å². The smallest absolute Gasteiger partial charge is 0.335 e. The maximum atomic E-state index is 12.5. The zero-order valence-corrected chi connectivity index (χ0v) is 12.1. The Bertz CT molecular complexity index is 596. The van der Waals surface area contributed by atoms with Gasteiger partial charge in [-0.25, -0.2) is 13.2 Å². The van der Waals surface area contributed by atoms with Crippen LogP contribution < -0.4 is 0 Å². The average molecular weight is 299 g/mol. The molecule has 1 aromatic rings. The van der Waals surface area contributed by atoms with Crippen molar-refractivity contribution in [3.63, 3.8) is 0 Å². The molecule has 0 bridgehead atoms. The topological polar surface area (TPSA) is 83.9 Å². The van der Waals surface area contributed by atoms with Gasteiger partial charge in [-0.2, -0.15) is 4.31 Å². The maximum Gasteiger partial charge on any atom is 0.335 e. The van der Waals surface area contributed by atoms with Gasteiger partial charge < -0.3 is 9.84 Å². The molecule has 0 amide bonds. The number of ether oxygens (including phenoxy) is 1. The number of hydrogen-bond donors (Lipinski definition) is 1. The first kappa shape index (κ1) is 15.0. The van der Waals surface area contributed by atoms with Crippen molar-refractivity contribution in [3.05, 3.63) is 29.8 Å². The third kappa shape index (κ3) is 2.84. The van der Waals surface area contributed by atoms with Gasteiger partial charge in [0.2, 0.25) is 10.0 Å². The van der Waals surface area contributed by atoms with E-state index in [-0.39, 0.29) is 22.6 Å². The molecular weight excluding hydrogens is 282 g/mol. The van der Waals surface area contributed by atoms with Crippen LogP contribution >= 0.6 is 0 Å². The van der Waals surface area contributed by atoms with Gasteiger partial charge in [0.05, 0.1) is 23.2 Å². The van der Waals surface area contributed by atoms with Gasteiger partial charge in [-0.05, 0) is 38.1 Å². The Balaban J connectivity index is 2.31. The predicted molar refractivity (Wildman–Crippen MR) is 72.2 cm³/mol. The van der Waals surface area contributed by atoms with E-state index in [0.29, 0.717) is 13.2 Å². The molecule has 2 unspecified atom stereocenters. The summed E-state index contributed by atoms with van der Waals surface area (Å²) in [5.41, 5.74) is 0.0624. The number of rotatable bonds is 3. The molecule has 2 rings (SSSR count). The van der Waals surface area contributed by atoms with Gasteiger partial charge >= 0.3 is 5.97 Å². The molecule has 0 aliphatic carbocycles. The fraction of sp³-hybridized carbons (Fsp3) is 0.462. The molecule has 1 N–H and O–H groups in total. The monoisotopic (exact) mass is 299 g/mol. The Morgan fingerprint density at radius 3 is 2.45 bits per heavy atom. The summed E-state index contributed by atoms with van der Waals surface area (Å²) < 4.78 is 31.9. The SMILES string of the molecule is CC1CN(S(=O)(=O)c2ccc(C(=O)O)cc2)C(C)CO1. The van der Waals surface area contributed by atoms with Crippen LogP contribution in [0.2, 0.25) is 0 Å². The molecule has 1 fully saturated rings. The fourth-order valence-corrected chi connectivity index (χ4v) is 3.80. The van der Waals surface area contributed by atoms with E-state index in [9.17, 15) is 13.2 Å².